The Kier molecular flexibility index (Phi) is 6.47. The summed E-state index contributed by atoms with van der Waals surface area (Å²) >= 11 is 0. The van der Waals surface area contributed by atoms with E-state index in [1.807, 2.05) is 0 Å². The van der Waals surface area contributed by atoms with Crippen molar-refractivity contribution < 1.29 is 21.8 Å². The Morgan fingerprint density at radius 3 is 2.50 bits per heavy atom. The van der Waals surface area contributed by atoms with Gasteiger partial charge in [0.2, 0.25) is 5.95 Å². The Bertz CT molecular complexity index is 1500. The zero-order valence-corrected chi connectivity index (χ0v) is 19.9. The number of nitrogens with zero attached hydrogens (tertiary/aromatic N) is 1. The summed E-state index contributed by atoms with van der Waals surface area (Å²) in [7, 11) is -4.05. The molecule has 4 aromatic rings. The summed E-state index contributed by atoms with van der Waals surface area (Å²) < 4.78 is 44.2. The van der Waals surface area contributed by atoms with E-state index in [4.69, 9.17) is 4.18 Å². The van der Waals surface area contributed by atoms with Crippen molar-refractivity contribution in [2.24, 2.45) is 0 Å². The van der Waals surface area contributed by atoms with Gasteiger partial charge in [-0.3, -0.25) is 5.32 Å². The summed E-state index contributed by atoms with van der Waals surface area (Å²) in [4.78, 5) is 19.4. The molecule has 11 heteroatoms. The Morgan fingerprint density at radius 2 is 1.75 bits per heavy atom. The third kappa shape index (κ3) is 5.57. The first-order chi connectivity index (χ1) is 17.3. The van der Waals surface area contributed by atoms with Crippen LogP contribution in [0.25, 0.3) is 11.0 Å². The number of benzene rings is 3. The minimum Gasteiger partial charge on any atom is -0.382 e. The zero-order valence-electron chi connectivity index (χ0n) is 19.1. The molecular formula is C25H24FN5O4S. The van der Waals surface area contributed by atoms with Crippen LogP contribution in [0.4, 0.5) is 26.5 Å². The number of imidazole rings is 1. The number of hydrogen-bond acceptors (Lipinski definition) is 6. The van der Waals surface area contributed by atoms with Gasteiger partial charge in [0, 0.05) is 23.5 Å². The van der Waals surface area contributed by atoms with Crippen molar-refractivity contribution in [1.82, 2.24) is 9.97 Å². The fourth-order valence-electron chi connectivity index (χ4n) is 4.13. The number of anilines is 3. The lowest BCUT2D eigenvalue weighted by Crippen LogP contribution is -2.20. The average molecular weight is 510 g/mol. The van der Waals surface area contributed by atoms with Crippen LogP contribution in [0.2, 0.25) is 0 Å². The Labute approximate surface area is 207 Å². The number of nitrogens with one attached hydrogen (secondary N) is 4. The maximum Gasteiger partial charge on any atom is 0.339 e. The molecule has 0 radical (unpaired) electrons. The van der Waals surface area contributed by atoms with Crippen LogP contribution in [0, 0.1) is 5.82 Å². The first kappa shape index (κ1) is 23.6. The first-order valence-electron chi connectivity index (χ1n) is 11.5. The van der Waals surface area contributed by atoms with Crippen molar-refractivity contribution in [1.29, 1.82) is 0 Å². The highest BCUT2D eigenvalue weighted by Gasteiger charge is 2.19. The average Bonchev–Trinajstić information content (AvgIpc) is 3.48. The van der Waals surface area contributed by atoms with E-state index in [0.717, 1.165) is 18.5 Å². The summed E-state index contributed by atoms with van der Waals surface area (Å²) in [5.74, 6) is -0.266. The van der Waals surface area contributed by atoms with Crippen LogP contribution in [0.15, 0.2) is 71.6 Å². The highest BCUT2D eigenvalue weighted by atomic mass is 32.2. The Morgan fingerprint density at radius 1 is 0.972 bits per heavy atom. The second-order valence-corrected chi connectivity index (χ2v) is 10.1. The number of carbonyl (C=O) groups is 1. The number of urea groups is 1. The molecule has 0 bridgehead atoms. The van der Waals surface area contributed by atoms with Crippen molar-refractivity contribution in [2.75, 3.05) is 16.0 Å². The number of aromatic nitrogens is 2. The predicted molar refractivity (Wildman–Crippen MR) is 135 cm³/mol. The van der Waals surface area contributed by atoms with Gasteiger partial charge in [-0.2, -0.15) is 8.42 Å². The quantitative estimate of drug-likeness (QED) is 0.245. The Hall–Kier alpha value is -4.12. The standard InChI is InChI=1S/C25H24FN5O4S/c26-16-4-3-7-19(14-16)28-25(32)31-24-29-22-13-10-20(15-23(22)30-24)35-36(33,34)21-11-8-18(9-12-21)27-17-5-1-2-6-17/h3-4,7-15,17,27H,1-2,5-6H2,(H3,28,29,30,31,32). The maximum absolute atomic E-state index is 13.3. The molecule has 1 aliphatic carbocycles. The molecule has 0 spiro atoms. The topological polar surface area (TPSA) is 125 Å². The van der Waals surface area contributed by atoms with Crippen LogP contribution >= 0.6 is 0 Å². The van der Waals surface area contributed by atoms with Crippen molar-refractivity contribution in [3.8, 4) is 5.75 Å². The van der Waals surface area contributed by atoms with E-state index in [2.05, 4.69) is 25.9 Å². The number of amides is 2. The van der Waals surface area contributed by atoms with Gasteiger partial charge in [0.05, 0.1) is 11.0 Å². The van der Waals surface area contributed by atoms with Gasteiger partial charge < -0.3 is 19.8 Å². The van der Waals surface area contributed by atoms with Crippen molar-refractivity contribution in [3.63, 3.8) is 0 Å². The second kappa shape index (κ2) is 9.86. The van der Waals surface area contributed by atoms with Gasteiger partial charge in [-0.05, 0) is 67.4 Å². The Balaban J connectivity index is 1.24. The molecule has 9 nitrogen and oxygen atoms in total. The smallest absolute Gasteiger partial charge is 0.339 e. The summed E-state index contributed by atoms with van der Waals surface area (Å²) in [6.45, 7) is 0. The van der Waals surface area contributed by atoms with Crippen molar-refractivity contribution in [2.45, 2.75) is 36.6 Å². The third-order valence-electron chi connectivity index (χ3n) is 5.84. The van der Waals surface area contributed by atoms with E-state index in [0.29, 0.717) is 17.1 Å². The lowest BCUT2D eigenvalue weighted by Gasteiger charge is -2.14. The third-order valence-corrected chi connectivity index (χ3v) is 7.11. The molecule has 1 fully saturated rings. The number of aromatic amines is 1. The van der Waals surface area contributed by atoms with Gasteiger partial charge >= 0.3 is 16.1 Å². The summed E-state index contributed by atoms with van der Waals surface area (Å²) in [5, 5.41) is 8.44. The number of carbonyl (C=O) groups excluding carboxylic acids is 1. The van der Waals surface area contributed by atoms with Crippen molar-refractivity contribution >= 4 is 44.5 Å². The van der Waals surface area contributed by atoms with Crippen LogP contribution in [0.5, 0.6) is 5.75 Å². The summed E-state index contributed by atoms with van der Waals surface area (Å²) in [6, 6.07) is 16.3. The molecule has 0 atom stereocenters. The van der Waals surface area contributed by atoms with E-state index < -0.39 is 22.0 Å². The first-order valence-corrected chi connectivity index (χ1v) is 12.9. The van der Waals surface area contributed by atoms with Gasteiger partial charge in [0.1, 0.15) is 16.5 Å². The highest BCUT2D eigenvalue weighted by molar-refractivity contribution is 7.87. The number of fused-ring (bicyclic) bond motifs is 1. The van der Waals surface area contributed by atoms with Crippen molar-refractivity contribution in [3.05, 3.63) is 72.5 Å². The van der Waals surface area contributed by atoms with E-state index >= 15 is 0 Å². The zero-order chi connectivity index (χ0) is 25.1. The highest BCUT2D eigenvalue weighted by Crippen LogP contribution is 2.26. The lowest BCUT2D eigenvalue weighted by molar-refractivity contribution is 0.262. The lowest BCUT2D eigenvalue weighted by atomic mass is 10.2. The molecule has 186 valence electrons. The van der Waals surface area contributed by atoms with E-state index in [9.17, 15) is 17.6 Å². The molecule has 36 heavy (non-hydrogen) atoms. The maximum atomic E-state index is 13.3. The normalized spacial score (nSPS) is 14.0. The molecule has 1 heterocycles. The number of rotatable bonds is 7. The predicted octanol–water partition coefficient (Wildman–Crippen LogP) is 5.47. The number of hydrogen-bond donors (Lipinski definition) is 4. The molecule has 3 aromatic carbocycles. The van der Waals surface area contributed by atoms with Crippen LogP contribution < -0.4 is 20.1 Å². The summed E-state index contributed by atoms with van der Waals surface area (Å²) in [5.41, 5.74) is 2.11. The molecular weight excluding hydrogens is 485 g/mol. The van der Waals surface area contributed by atoms with Gasteiger partial charge in [0.25, 0.3) is 0 Å². The number of H-pyrrole nitrogens is 1. The minimum atomic E-state index is -4.05. The monoisotopic (exact) mass is 509 g/mol. The molecule has 0 aliphatic heterocycles. The minimum absolute atomic E-state index is 0.0398. The second-order valence-electron chi connectivity index (χ2n) is 8.54. The molecule has 1 aliphatic rings. The molecule has 1 aromatic heterocycles. The van der Waals surface area contributed by atoms with Gasteiger partial charge in [-0.15, -0.1) is 0 Å². The number of halogens is 1. The largest absolute Gasteiger partial charge is 0.382 e. The van der Waals surface area contributed by atoms with Crippen LogP contribution in [0.1, 0.15) is 25.7 Å². The fraction of sp³-hybridized carbons (Fsp3) is 0.200. The SMILES string of the molecule is O=C(Nc1cccc(F)c1)Nc1nc2cc(OS(=O)(=O)c3ccc(NC4CCCC4)cc3)ccc2[nH]1. The van der Waals surface area contributed by atoms with E-state index in [1.54, 1.807) is 24.3 Å². The fourth-order valence-corrected chi connectivity index (χ4v) is 5.05. The van der Waals surface area contributed by atoms with Crippen LogP contribution in [0.3, 0.4) is 0 Å². The summed E-state index contributed by atoms with van der Waals surface area (Å²) in [6.07, 6.45) is 4.65. The molecule has 0 unspecified atom stereocenters. The molecule has 5 rings (SSSR count). The van der Waals surface area contributed by atoms with Crippen LogP contribution in [-0.4, -0.2) is 30.5 Å². The van der Waals surface area contributed by atoms with Gasteiger partial charge in [-0.1, -0.05) is 18.9 Å². The van der Waals surface area contributed by atoms with Crippen LogP contribution in [-0.2, 0) is 10.1 Å². The van der Waals surface area contributed by atoms with Gasteiger partial charge in [-0.25, -0.2) is 14.2 Å². The molecule has 0 saturated heterocycles. The van der Waals surface area contributed by atoms with E-state index in [1.165, 1.54) is 55.3 Å². The van der Waals surface area contributed by atoms with Gasteiger partial charge in [0.15, 0.2) is 0 Å². The molecule has 2 amide bonds. The molecule has 4 N–H and O–H groups in total. The van der Waals surface area contributed by atoms with E-state index in [-0.39, 0.29) is 22.3 Å². The molecule has 1 saturated carbocycles.